The van der Waals surface area contributed by atoms with Gasteiger partial charge in [0.1, 0.15) is 5.75 Å². The normalized spacial score (nSPS) is 16.5. The van der Waals surface area contributed by atoms with Crippen molar-refractivity contribution in [3.05, 3.63) is 29.8 Å². The SMILES string of the molecule is CC(NC(=O)NCCCN1CCOCC1)Oc1ccccc1C(C)C. The van der Waals surface area contributed by atoms with Crippen molar-refractivity contribution in [2.45, 2.75) is 39.3 Å². The second-order valence-electron chi connectivity index (χ2n) is 6.66. The van der Waals surface area contributed by atoms with Crippen molar-refractivity contribution in [2.24, 2.45) is 0 Å². The van der Waals surface area contributed by atoms with Gasteiger partial charge in [0.25, 0.3) is 0 Å². The Kier molecular flexibility index (Phi) is 8.01. The third-order valence-corrected chi connectivity index (χ3v) is 4.22. The minimum absolute atomic E-state index is 0.198. The van der Waals surface area contributed by atoms with E-state index < -0.39 is 0 Å². The average Bonchev–Trinajstić information content (AvgIpc) is 2.60. The Bertz CT molecular complexity index is 530. The number of amides is 2. The van der Waals surface area contributed by atoms with E-state index in [1.807, 2.05) is 25.1 Å². The summed E-state index contributed by atoms with van der Waals surface area (Å²) in [6.07, 6.45) is 0.540. The average molecular weight is 349 g/mol. The molecule has 1 aromatic carbocycles. The topological polar surface area (TPSA) is 62.8 Å². The van der Waals surface area contributed by atoms with Crippen LogP contribution >= 0.6 is 0 Å². The molecule has 1 heterocycles. The van der Waals surface area contributed by atoms with Gasteiger partial charge in [0.2, 0.25) is 0 Å². The van der Waals surface area contributed by atoms with E-state index in [0.29, 0.717) is 12.5 Å². The van der Waals surface area contributed by atoms with Crippen molar-refractivity contribution in [1.82, 2.24) is 15.5 Å². The molecule has 2 amide bonds. The summed E-state index contributed by atoms with van der Waals surface area (Å²) in [5.74, 6) is 1.19. The maximum Gasteiger partial charge on any atom is 0.317 e. The summed E-state index contributed by atoms with van der Waals surface area (Å²) >= 11 is 0. The predicted octanol–water partition coefficient (Wildman–Crippen LogP) is 2.56. The van der Waals surface area contributed by atoms with Crippen LogP contribution in [0.15, 0.2) is 24.3 Å². The Morgan fingerprint density at radius 2 is 1.96 bits per heavy atom. The Labute approximate surface area is 150 Å². The first-order chi connectivity index (χ1) is 12.1. The fourth-order valence-electron chi connectivity index (χ4n) is 2.85. The highest BCUT2D eigenvalue weighted by Gasteiger charge is 2.13. The molecule has 1 fully saturated rings. The van der Waals surface area contributed by atoms with Crippen LogP contribution in [0.4, 0.5) is 4.79 Å². The molecule has 1 atom stereocenters. The highest BCUT2D eigenvalue weighted by atomic mass is 16.5. The van der Waals surface area contributed by atoms with Gasteiger partial charge in [0.15, 0.2) is 6.23 Å². The molecule has 1 aromatic rings. The fourth-order valence-corrected chi connectivity index (χ4v) is 2.85. The van der Waals surface area contributed by atoms with Crippen LogP contribution < -0.4 is 15.4 Å². The zero-order valence-electron chi connectivity index (χ0n) is 15.6. The molecule has 25 heavy (non-hydrogen) atoms. The summed E-state index contributed by atoms with van der Waals surface area (Å²) in [6, 6.07) is 7.74. The molecule has 1 aliphatic rings. The lowest BCUT2D eigenvalue weighted by atomic mass is 10.0. The van der Waals surface area contributed by atoms with Crippen molar-refractivity contribution in [3.8, 4) is 5.75 Å². The molecule has 1 saturated heterocycles. The summed E-state index contributed by atoms with van der Waals surface area (Å²) in [5, 5.41) is 5.72. The second kappa shape index (κ2) is 10.3. The molecule has 0 aromatic heterocycles. The maximum absolute atomic E-state index is 12.0. The lowest BCUT2D eigenvalue weighted by molar-refractivity contribution is 0.0375. The summed E-state index contributed by atoms with van der Waals surface area (Å²) in [5.41, 5.74) is 1.14. The molecule has 6 nitrogen and oxygen atoms in total. The van der Waals surface area contributed by atoms with Crippen LogP contribution in [0.2, 0.25) is 0 Å². The van der Waals surface area contributed by atoms with E-state index >= 15 is 0 Å². The van der Waals surface area contributed by atoms with Crippen molar-refractivity contribution < 1.29 is 14.3 Å². The maximum atomic E-state index is 12.0. The molecule has 0 radical (unpaired) electrons. The van der Waals surface area contributed by atoms with Crippen LogP contribution in [0.25, 0.3) is 0 Å². The molecule has 0 bridgehead atoms. The number of rotatable bonds is 8. The third-order valence-electron chi connectivity index (χ3n) is 4.22. The van der Waals surface area contributed by atoms with Crippen molar-refractivity contribution >= 4 is 6.03 Å². The number of hydrogen-bond acceptors (Lipinski definition) is 4. The number of nitrogens with one attached hydrogen (secondary N) is 2. The lowest BCUT2D eigenvalue weighted by Crippen LogP contribution is -2.44. The Balaban J connectivity index is 1.66. The molecule has 2 rings (SSSR count). The molecule has 0 aliphatic carbocycles. The highest BCUT2D eigenvalue weighted by Crippen LogP contribution is 2.26. The van der Waals surface area contributed by atoms with E-state index in [1.54, 1.807) is 0 Å². The molecule has 140 valence electrons. The Hall–Kier alpha value is -1.79. The summed E-state index contributed by atoms with van der Waals surface area (Å²) in [7, 11) is 0. The number of carbonyl (C=O) groups excluding carboxylic acids is 1. The first kappa shape index (κ1) is 19.5. The van der Waals surface area contributed by atoms with Gasteiger partial charge in [-0.15, -0.1) is 0 Å². The van der Waals surface area contributed by atoms with Crippen LogP contribution in [0.3, 0.4) is 0 Å². The standard InChI is InChI=1S/C19H31N3O3/c1-15(2)17-7-4-5-8-18(17)25-16(3)21-19(23)20-9-6-10-22-11-13-24-14-12-22/h4-5,7-8,15-16H,6,9-14H2,1-3H3,(H2,20,21,23). The Morgan fingerprint density at radius 3 is 2.68 bits per heavy atom. The van der Waals surface area contributed by atoms with Crippen LogP contribution in [0.1, 0.15) is 38.7 Å². The molecular weight excluding hydrogens is 318 g/mol. The van der Waals surface area contributed by atoms with Crippen molar-refractivity contribution in [2.75, 3.05) is 39.4 Å². The van der Waals surface area contributed by atoms with Gasteiger partial charge in [0, 0.05) is 19.6 Å². The van der Waals surface area contributed by atoms with E-state index in [2.05, 4.69) is 35.4 Å². The smallest absolute Gasteiger partial charge is 0.317 e. The lowest BCUT2D eigenvalue weighted by Gasteiger charge is -2.26. The highest BCUT2D eigenvalue weighted by molar-refractivity contribution is 5.73. The van der Waals surface area contributed by atoms with E-state index in [-0.39, 0.29) is 12.3 Å². The molecule has 1 aliphatic heterocycles. The molecule has 0 saturated carbocycles. The summed E-state index contributed by atoms with van der Waals surface area (Å²) < 4.78 is 11.2. The van der Waals surface area contributed by atoms with Gasteiger partial charge in [-0.1, -0.05) is 32.0 Å². The van der Waals surface area contributed by atoms with Crippen molar-refractivity contribution in [1.29, 1.82) is 0 Å². The third kappa shape index (κ3) is 6.92. The van der Waals surface area contributed by atoms with Gasteiger partial charge in [-0.25, -0.2) is 4.79 Å². The van der Waals surface area contributed by atoms with Crippen LogP contribution in [-0.4, -0.2) is 56.6 Å². The number of hydrogen-bond donors (Lipinski definition) is 2. The molecule has 1 unspecified atom stereocenters. The molecule has 0 spiro atoms. The number of nitrogens with zero attached hydrogens (tertiary/aromatic N) is 1. The predicted molar refractivity (Wildman–Crippen MR) is 99.0 cm³/mol. The van der Waals surface area contributed by atoms with Crippen LogP contribution in [0.5, 0.6) is 5.75 Å². The minimum Gasteiger partial charge on any atom is -0.471 e. The zero-order chi connectivity index (χ0) is 18.1. The molecule has 2 N–H and O–H groups in total. The van der Waals surface area contributed by atoms with Gasteiger partial charge in [-0.3, -0.25) is 4.90 Å². The number of benzene rings is 1. The van der Waals surface area contributed by atoms with E-state index in [4.69, 9.17) is 9.47 Å². The number of ether oxygens (including phenoxy) is 2. The van der Waals surface area contributed by atoms with E-state index in [9.17, 15) is 4.79 Å². The fraction of sp³-hybridized carbons (Fsp3) is 0.632. The summed E-state index contributed by atoms with van der Waals surface area (Å²) in [6.45, 7) is 11.3. The number of para-hydroxylation sites is 1. The minimum atomic E-state index is -0.390. The van der Waals surface area contributed by atoms with E-state index in [1.165, 1.54) is 0 Å². The van der Waals surface area contributed by atoms with Gasteiger partial charge in [-0.2, -0.15) is 0 Å². The largest absolute Gasteiger partial charge is 0.471 e. The van der Waals surface area contributed by atoms with Crippen LogP contribution in [-0.2, 0) is 4.74 Å². The number of carbonyl (C=O) groups is 1. The van der Waals surface area contributed by atoms with Gasteiger partial charge in [-0.05, 0) is 37.4 Å². The number of morpholine rings is 1. The number of urea groups is 1. The Morgan fingerprint density at radius 1 is 1.24 bits per heavy atom. The van der Waals surface area contributed by atoms with E-state index in [0.717, 1.165) is 50.6 Å². The monoisotopic (exact) mass is 349 g/mol. The first-order valence-electron chi connectivity index (χ1n) is 9.16. The molecular formula is C19H31N3O3. The van der Waals surface area contributed by atoms with Crippen LogP contribution in [0, 0.1) is 0 Å². The summed E-state index contributed by atoms with van der Waals surface area (Å²) in [4.78, 5) is 14.3. The second-order valence-corrected chi connectivity index (χ2v) is 6.66. The van der Waals surface area contributed by atoms with Gasteiger partial charge < -0.3 is 20.1 Å². The molecule has 6 heteroatoms. The van der Waals surface area contributed by atoms with Gasteiger partial charge >= 0.3 is 6.03 Å². The quantitative estimate of drug-likeness (QED) is 0.559. The van der Waals surface area contributed by atoms with Gasteiger partial charge in [0.05, 0.1) is 13.2 Å². The van der Waals surface area contributed by atoms with Crippen molar-refractivity contribution in [3.63, 3.8) is 0 Å². The first-order valence-corrected chi connectivity index (χ1v) is 9.16. The zero-order valence-corrected chi connectivity index (χ0v) is 15.6.